The van der Waals surface area contributed by atoms with Crippen molar-refractivity contribution >= 4 is 23.1 Å². The second-order valence-electron chi connectivity index (χ2n) is 4.85. The van der Waals surface area contributed by atoms with Crippen molar-refractivity contribution in [2.45, 2.75) is 30.3 Å². The second kappa shape index (κ2) is 6.07. The van der Waals surface area contributed by atoms with Crippen LogP contribution in [0.3, 0.4) is 0 Å². The maximum absolute atomic E-state index is 4.49. The van der Waals surface area contributed by atoms with Crippen LogP contribution in [0.5, 0.6) is 0 Å². The van der Waals surface area contributed by atoms with Crippen molar-refractivity contribution in [3.63, 3.8) is 0 Å². The zero-order valence-electron chi connectivity index (χ0n) is 11.1. The third-order valence-corrected chi connectivity index (χ3v) is 5.27. The fourth-order valence-electron chi connectivity index (χ4n) is 2.66. The highest BCUT2D eigenvalue weighted by Crippen LogP contribution is 2.34. The topological polar surface area (TPSA) is 16.1 Å². The third kappa shape index (κ3) is 3.02. The van der Waals surface area contributed by atoms with E-state index in [0.29, 0.717) is 6.04 Å². The smallest absolute Gasteiger partial charge is 0.110 e. The molecular formula is C15H18N2S2. The van der Waals surface area contributed by atoms with Crippen molar-refractivity contribution < 1.29 is 0 Å². The van der Waals surface area contributed by atoms with Crippen LogP contribution in [-0.2, 0) is 6.54 Å². The van der Waals surface area contributed by atoms with Crippen LogP contribution in [0.4, 0.5) is 0 Å². The molecule has 1 aromatic carbocycles. The summed E-state index contributed by atoms with van der Waals surface area (Å²) in [4.78, 5) is 8.39. The van der Waals surface area contributed by atoms with E-state index < -0.39 is 0 Å². The van der Waals surface area contributed by atoms with Gasteiger partial charge in [0, 0.05) is 23.0 Å². The predicted octanol–water partition coefficient (Wildman–Crippen LogP) is 4.20. The zero-order valence-corrected chi connectivity index (χ0v) is 12.7. The molecule has 0 aliphatic carbocycles. The minimum Gasteiger partial charge on any atom is -0.290 e. The highest BCUT2D eigenvalue weighted by molar-refractivity contribution is 7.98. The molecule has 0 radical (unpaired) electrons. The molecule has 1 aromatic heterocycles. The fraction of sp³-hybridized carbons (Fsp3) is 0.400. The lowest BCUT2D eigenvalue weighted by Gasteiger charge is -2.22. The van der Waals surface area contributed by atoms with Crippen LogP contribution in [0.15, 0.2) is 40.7 Å². The summed E-state index contributed by atoms with van der Waals surface area (Å²) in [6.45, 7) is 2.23. The molecule has 100 valence electrons. The van der Waals surface area contributed by atoms with Gasteiger partial charge in [-0.2, -0.15) is 0 Å². The number of rotatable bonds is 4. The van der Waals surface area contributed by atoms with E-state index in [4.69, 9.17) is 0 Å². The van der Waals surface area contributed by atoms with E-state index in [-0.39, 0.29) is 0 Å². The van der Waals surface area contributed by atoms with Crippen molar-refractivity contribution in [3.05, 3.63) is 46.4 Å². The first-order chi connectivity index (χ1) is 9.36. The summed E-state index contributed by atoms with van der Waals surface area (Å²) in [5, 5.41) is 3.36. The fourth-order valence-corrected chi connectivity index (χ4v) is 3.87. The summed E-state index contributed by atoms with van der Waals surface area (Å²) in [5.41, 5.74) is 1.40. The average Bonchev–Trinajstić information content (AvgIpc) is 3.10. The van der Waals surface area contributed by atoms with E-state index in [9.17, 15) is 0 Å². The number of hydrogen-bond donors (Lipinski definition) is 0. The van der Waals surface area contributed by atoms with Crippen molar-refractivity contribution in [1.29, 1.82) is 0 Å². The largest absolute Gasteiger partial charge is 0.290 e. The van der Waals surface area contributed by atoms with E-state index in [1.807, 2.05) is 6.20 Å². The summed E-state index contributed by atoms with van der Waals surface area (Å²) in [5.74, 6) is 0. The molecule has 0 unspecified atom stereocenters. The van der Waals surface area contributed by atoms with Crippen molar-refractivity contribution in [3.8, 4) is 0 Å². The lowest BCUT2D eigenvalue weighted by atomic mass is 10.2. The molecule has 1 aliphatic heterocycles. The summed E-state index contributed by atoms with van der Waals surface area (Å²) >= 11 is 3.58. The van der Waals surface area contributed by atoms with Gasteiger partial charge in [-0.05, 0) is 43.3 Å². The Hall–Kier alpha value is -0.840. The molecular weight excluding hydrogens is 272 g/mol. The Morgan fingerprint density at radius 1 is 1.37 bits per heavy atom. The molecule has 0 bridgehead atoms. The number of thiazole rings is 1. The number of hydrogen-bond acceptors (Lipinski definition) is 4. The number of nitrogens with zero attached hydrogens (tertiary/aromatic N) is 2. The van der Waals surface area contributed by atoms with Crippen molar-refractivity contribution in [2.24, 2.45) is 0 Å². The Labute approximate surface area is 122 Å². The molecule has 0 spiro atoms. The lowest BCUT2D eigenvalue weighted by Crippen LogP contribution is -2.22. The van der Waals surface area contributed by atoms with Gasteiger partial charge in [-0.25, -0.2) is 4.98 Å². The monoisotopic (exact) mass is 290 g/mol. The molecule has 1 aliphatic rings. The van der Waals surface area contributed by atoms with Gasteiger partial charge in [0.25, 0.3) is 0 Å². The summed E-state index contributed by atoms with van der Waals surface area (Å²) in [7, 11) is 0. The van der Waals surface area contributed by atoms with Crippen molar-refractivity contribution in [2.75, 3.05) is 12.8 Å². The van der Waals surface area contributed by atoms with Crippen molar-refractivity contribution in [1.82, 2.24) is 9.88 Å². The highest BCUT2D eigenvalue weighted by Gasteiger charge is 2.27. The van der Waals surface area contributed by atoms with Gasteiger partial charge >= 0.3 is 0 Å². The quantitative estimate of drug-likeness (QED) is 0.785. The van der Waals surface area contributed by atoms with E-state index in [1.54, 1.807) is 23.1 Å². The van der Waals surface area contributed by atoms with Crippen LogP contribution in [0.2, 0.25) is 0 Å². The molecule has 2 aromatic rings. The van der Waals surface area contributed by atoms with E-state index in [2.05, 4.69) is 45.8 Å². The molecule has 0 amide bonds. The number of likely N-dealkylation sites (tertiary alicyclic amines) is 1. The molecule has 1 fully saturated rings. The van der Waals surface area contributed by atoms with Crippen LogP contribution in [0.1, 0.15) is 29.5 Å². The van der Waals surface area contributed by atoms with E-state index >= 15 is 0 Å². The van der Waals surface area contributed by atoms with Gasteiger partial charge in [0.15, 0.2) is 0 Å². The van der Waals surface area contributed by atoms with Crippen LogP contribution < -0.4 is 0 Å². The number of aromatic nitrogens is 1. The third-order valence-electron chi connectivity index (χ3n) is 3.64. The first-order valence-corrected chi connectivity index (χ1v) is 8.73. The molecule has 4 heteroatoms. The average molecular weight is 290 g/mol. The number of thioether (sulfide) groups is 1. The Morgan fingerprint density at radius 2 is 2.21 bits per heavy atom. The standard InChI is InChI=1S/C15H18N2S2/c1-18-13-6-4-12(5-7-13)11-17-9-2-3-14(17)15-16-8-10-19-15/h4-8,10,14H,2-3,9,11H2,1H3/t14-/m0/s1. The van der Waals surface area contributed by atoms with Crippen LogP contribution in [-0.4, -0.2) is 22.7 Å². The Bertz CT molecular complexity index is 507. The highest BCUT2D eigenvalue weighted by atomic mass is 32.2. The minimum absolute atomic E-state index is 0.528. The zero-order chi connectivity index (χ0) is 13.1. The van der Waals surface area contributed by atoms with Crippen LogP contribution in [0, 0.1) is 0 Å². The predicted molar refractivity (Wildman–Crippen MR) is 82.7 cm³/mol. The van der Waals surface area contributed by atoms with Gasteiger partial charge in [-0.1, -0.05) is 12.1 Å². The molecule has 2 nitrogen and oxygen atoms in total. The Balaban J connectivity index is 1.71. The van der Waals surface area contributed by atoms with Gasteiger partial charge in [0.05, 0.1) is 6.04 Å². The SMILES string of the molecule is CSc1ccc(CN2CCC[C@H]2c2nccs2)cc1. The summed E-state index contributed by atoms with van der Waals surface area (Å²) in [6, 6.07) is 9.47. The van der Waals surface area contributed by atoms with Gasteiger partial charge in [-0.3, -0.25) is 4.90 Å². The summed E-state index contributed by atoms with van der Waals surface area (Å²) < 4.78 is 0. The number of benzene rings is 1. The molecule has 3 rings (SSSR count). The minimum atomic E-state index is 0.528. The molecule has 19 heavy (non-hydrogen) atoms. The molecule has 0 N–H and O–H groups in total. The van der Waals surface area contributed by atoms with Crippen LogP contribution in [0.25, 0.3) is 0 Å². The summed E-state index contributed by atoms with van der Waals surface area (Å²) in [6.07, 6.45) is 6.57. The van der Waals surface area contributed by atoms with Gasteiger partial charge in [0.1, 0.15) is 5.01 Å². The maximum Gasteiger partial charge on any atom is 0.110 e. The van der Waals surface area contributed by atoms with Gasteiger partial charge in [-0.15, -0.1) is 23.1 Å². The normalized spacial score (nSPS) is 19.9. The molecule has 0 saturated carbocycles. The Kier molecular flexibility index (Phi) is 4.21. The Morgan fingerprint density at radius 3 is 2.89 bits per heavy atom. The van der Waals surface area contributed by atoms with E-state index in [0.717, 1.165) is 6.54 Å². The maximum atomic E-state index is 4.49. The first-order valence-electron chi connectivity index (χ1n) is 6.63. The molecule has 2 heterocycles. The second-order valence-corrected chi connectivity index (χ2v) is 6.65. The van der Waals surface area contributed by atoms with Crippen LogP contribution >= 0.6 is 23.1 Å². The lowest BCUT2D eigenvalue weighted by molar-refractivity contribution is 0.248. The first kappa shape index (κ1) is 13.2. The molecule has 1 atom stereocenters. The molecule has 1 saturated heterocycles. The van der Waals surface area contributed by atoms with Gasteiger partial charge in [0.2, 0.25) is 0 Å². The van der Waals surface area contributed by atoms with Gasteiger partial charge < -0.3 is 0 Å². The van der Waals surface area contributed by atoms with E-state index in [1.165, 1.54) is 34.9 Å².